The van der Waals surface area contributed by atoms with Crippen molar-refractivity contribution in [1.82, 2.24) is 0 Å². The van der Waals surface area contributed by atoms with Crippen LogP contribution in [0, 0.1) is 5.82 Å². The van der Waals surface area contributed by atoms with Crippen LogP contribution in [0.2, 0.25) is 0 Å². The lowest BCUT2D eigenvalue weighted by molar-refractivity contribution is 0.624. The van der Waals surface area contributed by atoms with Gasteiger partial charge in [-0.1, -0.05) is 25.1 Å². The molecule has 1 aromatic carbocycles. The largest absolute Gasteiger partial charge is 0.234 e. The van der Waals surface area contributed by atoms with E-state index in [1.54, 1.807) is 18.2 Å². The molecule has 0 aliphatic carbocycles. The van der Waals surface area contributed by atoms with Gasteiger partial charge in [-0.15, -0.1) is 0 Å². The summed E-state index contributed by atoms with van der Waals surface area (Å²) in [5, 5.41) is 0. The fraction of sp³-hybridized carbons (Fsp3) is 0.462. The highest BCUT2D eigenvalue weighted by molar-refractivity contribution is 7.85. The van der Waals surface area contributed by atoms with Crippen LogP contribution in [-0.4, -0.2) is 14.7 Å². The van der Waals surface area contributed by atoms with Gasteiger partial charge >= 0.3 is 0 Å². The highest BCUT2D eigenvalue weighted by atomic mass is 32.2. The molecule has 2 nitrogen and oxygen atoms in total. The molecule has 0 fully saturated rings. The quantitative estimate of drug-likeness (QED) is 0.760. The number of benzene rings is 1. The summed E-state index contributed by atoms with van der Waals surface area (Å²) in [6, 6.07) is 6.44. The molecule has 0 bridgehead atoms. The molecule has 0 N–H and O–H groups in total. The van der Waals surface area contributed by atoms with Crippen LogP contribution >= 0.6 is 0 Å². The average Bonchev–Trinajstić information content (AvgIpc) is 2.25. The van der Waals surface area contributed by atoms with Crippen LogP contribution in [0.5, 0.6) is 0 Å². The monoisotopic (exact) mass is 255 g/mol. The molecule has 0 aliphatic rings. The normalized spacial score (nSPS) is 14.8. The molecule has 94 valence electrons. The Hall–Kier alpha value is -1.03. The Balaban J connectivity index is 3.13. The summed E-state index contributed by atoms with van der Waals surface area (Å²) in [6.07, 6.45) is 0.558. The summed E-state index contributed by atoms with van der Waals surface area (Å²) in [6.45, 7) is 7.43. The first kappa shape index (κ1) is 14.0. The Morgan fingerprint density at radius 3 is 2.41 bits per heavy atom. The van der Waals surface area contributed by atoms with Crippen molar-refractivity contribution in [2.24, 2.45) is 4.40 Å². The number of nitrogens with zero attached hydrogens (tertiary/aromatic N) is 1. The van der Waals surface area contributed by atoms with E-state index in [1.165, 1.54) is 6.07 Å². The Kier molecular flexibility index (Phi) is 4.57. The molecule has 0 aromatic heterocycles. The van der Waals surface area contributed by atoms with Crippen LogP contribution in [0.4, 0.5) is 4.39 Å². The zero-order chi connectivity index (χ0) is 13.1. The molecule has 4 heteroatoms. The van der Waals surface area contributed by atoms with E-state index < -0.39 is 15.7 Å². The van der Waals surface area contributed by atoms with Crippen molar-refractivity contribution < 1.29 is 8.60 Å². The van der Waals surface area contributed by atoms with Gasteiger partial charge in [-0.25, -0.2) is 8.60 Å². The van der Waals surface area contributed by atoms with Gasteiger partial charge in [0.05, 0.1) is 10.5 Å². The number of rotatable bonds is 3. The van der Waals surface area contributed by atoms with Crippen molar-refractivity contribution in [3.05, 3.63) is 35.6 Å². The van der Waals surface area contributed by atoms with Crippen molar-refractivity contribution in [1.29, 1.82) is 0 Å². The summed E-state index contributed by atoms with van der Waals surface area (Å²) in [5.74, 6) is -0.320. The molecule has 1 rings (SSSR count). The van der Waals surface area contributed by atoms with E-state index in [4.69, 9.17) is 0 Å². The van der Waals surface area contributed by atoms with Crippen molar-refractivity contribution in [3.63, 3.8) is 0 Å². The fourth-order valence-electron chi connectivity index (χ4n) is 1.24. The van der Waals surface area contributed by atoms with Crippen LogP contribution in [0.15, 0.2) is 28.7 Å². The first-order chi connectivity index (χ1) is 7.86. The topological polar surface area (TPSA) is 29.4 Å². The molecular weight excluding hydrogens is 237 g/mol. The summed E-state index contributed by atoms with van der Waals surface area (Å²) in [4.78, 5) is 0. The highest BCUT2D eigenvalue weighted by Gasteiger charge is 2.20. The molecule has 0 saturated heterocycles. The van der Waals surface area contributed by atoms with E-state index in [2.05, 4.69) is 4.40 Å². The summed E-state index contributed by atoms with van der Waals surface area (Å²) in [7, 11) is -1.35. The zero-order valence-corrected chi connectivity index (χ0v) is 11.5. The second-order valence-corrected chi connectivity index (χ2v) is 6.64. The summed E-state index contributed by atoms with van der Waals surface area (Å²) in [5.41, 5.74) is 0.990. The third kappa shape index (κ3) is 3.73. The van der Waals surface area contributed by atoms with Gasteiger partial charge in [-0.05, 0) is 33.3 Å². The van der Waals surface area contributed by atoms with Gasteiger partial charge in [0.1, 0.15) is 16.8 Å². The molecule has 1 aromatic rings. The lowest BCUT2D eigenvalue weighted by Crippen LogP contribution is -2.21. The van der Waals surface area contributed by atoms with E-state index in [9.17, 15) is 8.60 Å². The van der Waals surface area contributed by atoms with Gasteiger partial charge in [0.15, 0.2) is 0 Å². The van der Waals surface area contributed by atoms with E-state index in [0.29, 0.717) is 17.7 Å². The van der Waals surface area contributed by atoms with Crippen LogP contribution in [0.25, 0.3) is 0 Å². The Morgan fingerprint density at radius 1 is 1.35 bits per heavy atom. The highest BCUT2D eigenvalue weighted by Crippen LogP contribution is 2.16. The third-order valence-corrected chi connectivity index (χ3v) is 3.67. The minimum absolute atomic E-state index is 0.320. The summed E-state index contributed by atoms with van der Waals surface area (Å²) < 4.78 is 29.2. The van der Waals surface area contributed by atoms with Gasteiger partial charge < -0.3 is 0 Å². The standard InChI is InChI=1S/C13H18FNOS/c1-5-12(15-17(16)13(2,3)4)10-8-6-7-9-11(10)14/h6-9H,5H2,1-4H3/t17-/m1/s1. The number of hydrogen-bond acceptors (Lipinski definition) is 1. The lowest BCUT2D eigenvalue weighted by atomic mass is 10.1. The van der Waals surface area contributed by atoms with Crippen LogP contribution in [-0.2, 0) is 11.0 Å². The predicted molar refractivity (Wildman–Crippen MR) is 71.1 cm³/mol. The van der Waals surface area contributed by atoms with E-state index >= 15 is 0 Å². The molecular formula is C13H18FNOS. The minimum atomic E-state index is -1.35. The fourth-order valence-corrected chi connectivity index (χ4v) is 1.94. The van der Waals surface area contributed by atoms with E-state index in [0.717, 1.165) is 0 Å². The first-order valence-electron chi connectivity index (χ1n) is 5.60. The van der Waals surface area contributed by atoms with E-state index in [1.807, 2.05) is 27.7 Å². The Bertz CT molecular complexity index is 449. The van der Waals surface area contributed by atoms with Crippen LogP contribution in [0.3, 0.4) is 0 Å². The Labute approximate surface area is 105 Å². The molecule has 0 aliphatic heterocycles. The average molecular weight is 255 g/mol. The molecule has 1 atom stereocenters. The SMILES string of the molecule is CCC(=N[S@](=O)C(C)(C)C)c1ccccc1F. The number of hydrogen-bond donors (Lipinski definition) is 0. The predicted octanol–water partition coefficient (Wildman–Crippen LogP) is 3.49. The minimum Gasteiger partial charge on any atom is -0.234 e. The molecule has 17 heavy (non-hydrogen) atoms. The smallest absolute Gasteiger partial charge is 0.145 e. The summed E-state index contributed by atoms with van der Waals surface area (Å²) >= 11 is 0. The molecule has 0 amide bonds. The molecule has 0 saturated carbocycles. The maximum Gasteiger partial charge on any atom is 0.145 e. The van der Waals surface area contributed by atoms with Crippen molar-refractivity contribution in [2.45, 2.75) is 38.9 Å². The lowest BCUT2D eigenvalue weighted by Gasteiger charge is -2.15. The van der Waals surface area contributed by atoms with Gasteiger partial charge in [0, 0.05) is 5.56 Å². The maximum absolute atomic E-state index is 13.6. The van der Waals surface area contributed by atoms with Crippen molar-refractivity contribution >= 4 is 16.7 Å². The van der Waals surface area contributed by atoms with Crippen LogP contribution < -0.4 is 0 Å². The van der Waals surface area contributed by atoms with Gasteiger partial charge in [-0.3, -0.25) is 0 Å². The Morgan fingerprint density at radius 2 is 1.94 bits per heavy atom. The first-order valence-corrected chi connectivity index (χ1v) is 6.71. The number of halogens is 1. The molecule has 0 radical (unpaired) electrons. The van der Waals surface area contributed by atoms with Crippen molar-refractivity contribution in [2.75, 3.05) is 0 Å². The maximum atomic E-state index is 13.6. The molecule has 0 unspecified atom stereocenters. The molecule has 0 spiro atoms. The van der Waals surface area contributed by atoms with Crippen molar-refractivity contribution in [3.8, 4) is 0 Å². The second-order valence-electron chi connectivity index (χ2n) is 4.73. The van der Waals surface area contributed by atoms with Crippen LogP contribution in [0.1, 0.15) is 39.7 Å². The second kappa shape index (κ2) is 5.54. The van der Waals surface area contributed by atoms with Gasteiger partial charge in [-0.2, -0.15) is 4.40 Å². The third-order valence-electron chi connectivity index (χ3n) is 2.24. The van der Waals surface area contributed by atoms with Gasteiger partial charge in [0.2, 0.25) is 0 Å². The van der Waals surface area contributed by atoms with E-state index in [-0.39, 0.29) is 5.82 Å². The van der Waals surface area contributed by atoms with Gasteiger partial charge in [0.25, 0.3) is 0 Å². The molecule has 0 heterocycles. The zero-order valence-electron chi connectivity index (χ0n) is 10.7.